The molecule has 0 bridgehead atoms. The molecule has 0 radical (unpaired) electrons. The van der Waals surface area contributed by atoms with Gasteiger partial charge >= 0.3 is 56.7 Å². The van der Waals surface area contributed by atoms with E-state index in [4.69, 9.17) is 0 Å². The van der Waals surface area contributed by atoms with Crippen molar-refractivity contribution in [2.45, 2.75) is 26.2 Å². The van der Waals surface area contributed by atoms with Crippen LogP contribution in [0.1, 0.15) is 6.92 Å². The first kappa shape index (κ1) is 8.54. The summed E-state index contributed by atoms with van der Waals surface area (Å²) >= 11 is -1.39. The van der Waals surface area contributed by atoms with E-state index in [9.17, 15) is 0 Å². The van der Waals surface area contributed by atoms with Crippen molar-refractivity contribution in [1.29, 1.82) is 0 Å². The van der Waals surface area contributed by atoms with E-state index in [0.717, 1.165) is 0 Å². The summed E-state index contributed by atoms with van der Waals surface area (Å²) in [5.74, 6) is 0. The van der Waals surface area contributed by atoms with Gasteiger partial charge in [-0.25, -0.2) is 0 Å². The summed E-state index contributed by atoms with van der Waals surface area (Å²) < 4.78 is 1.39. The fourth-order valence-electron chi connectivity index (χ4n) is 0.471. The molecule has 0 amide bonds. The van der Waals surface area contributed by atoms with Crippen molar-refractivity contribution in [2.24, 2.45) is 0 Å². The van der Waals surface area contributed by atoms with E-state index in [1.807, 2.05) is 0 Å². The third-order valence-electron chi connectivity index (χ3n) is 0.966. The van der Waals surface area contributed by atoms with E-state index in [0.29, 0.717) is 0 Å². The zero-order valence-electron chi connectivity index (χ0n) is 6.36. The maximum absolute atomic E-state index is 2.45. The Morgan fingerprint density at radius 3 is 1.88 bits per heavy atom. The summed E-state index contributed by atoms with van der Waals surface area (Å²) in [6, 6.07) is 0. The normalized spacial score (nSPS) is 13.0. The monoisotopic (exact) mass is 220 g/mol. The van der Waals surface area contributed by atoms with Gasteiger partial charge in [0.2, 0.25) is 0 Å². The standard InChI is InChI=1S/C4H7.3CH3.Sn/c1-3-4-2;;;;/h3-4H,1H2,2H3;3*1H3;/b4-3-;;;;. The average molecular weight is 219 g/mol. The second kappa shape index (κ2) is 3.54. The molecular weight excluding hydrogens is 203 g/mol. The topological polar surface area (TPSA) is 0 Å². The Labute approximate surface area is 56.9 Å². The molecule has 0 aromatic carbocycles. The van der Waals surface area contributed by atoms with Crippen LogP contribution in [0.25, 0.3) is 0 Å². The van der Waals surface area contributed by atoms with Crippen LogP contribution in [0.2, 0.25) is 19.3 Å². The molecule has 0 aliphatic heterocycles. The second-order valence-corrected chi connectivity index (χ2v) is 19.1. The average Bonchev–Trinajstić information content (AvgIpc) is 1.59. The molecule has 48 valence electrons. The molecule has 0 aromatic heterocycles. The van der Waals surface area contributed by atoms with Gasteiger partial charge in [0.25, 0.3) is 0 Å². The van der Waals surface area contributed by atoms with Gasteiger partial charge in [0.1, 0.15) is 0 Å². The van der Waals surface area contributed by atoms with Crippen molar-refractivity contribution < 1.29 is 0 Å². The summed E-state index contributed by atoms with van der Waals surface area (Å²) in [4.78, 5) is 7.36. The number of allylic oxidation sites excluding steroid dienone is 2. The minimum atomic E-state index is -1.39. The molecule has 0 heterocycles. The van der Waals surface area contributed by atoms with Crippen molar-refractivity contribution in [3.05, 3.63) is 12.2 Å². The molecule has 0 saturated heterocycles. The summed E-state index contributed by atoms with van der Waals surface area (Å²) in [7, 11) is 0. The van der Waals surface area contributed by atoms with Crippen LogP contribution < -0.4 is 0 Å². The third-order valence-corrected chi connectivity index (χ3v) is 5.13. The molecule has 0 fully saturated rings. The molecule has 0 saturated carbocycles. The van der Waals surface area contributed by atoms with Gasteiger partial charge < -0.3 is 0 Å². The second-order valence-electron chi connectivity index (χ2n) is 3.33. The van der Waals surface area contributed by atoms with Crippen molar-refractivity contribution in [2.75, 3.05) is 0 Å². The first-order valence-corrected chi connectivity index (χ1v) is 13.8. The van der Waals surface area contributed by atoms with Crippen LogP contribution in [0.3, 0.4) is 0 Å². The quantitative estimate of drug-likeness (QED) is 0.494. The first-order chi connectivity index (χ1) is 3.56. The fraction of sp³-hybridized carbons (Fsp3) is 0.714. The first-order valence-electron chi connectivity index (χ1n) is 3.17. The van der Waals surface area contributed by atoms with Gasteiger partial charge in [-0.2, -0.15) is 0 Å². The van der Waals surface area contributed by atoms with E-state index in [-0.39, 0.29) is 0 Å². The van der Waals surface area contributed by atoms with Gasteiger partial charge in [-0.1, -0.05) is 0 Å². The molecule has 0 N–H and O–H groups in total. The Bertz CT molecular complexity index is 76.9. The molecule has 0 unspecified atom stereocenters. The Morgan fingerprint density at radius 1 is 1.25 bits per heavy atom. The van der Waals surface area contributed by atoms with E-state index in [1.165, 1.54) is 4.44 Å². The summed E-state index contributed by atoms with van der Waals surface area (Å²) in [5, 5.41) is 0. The van der Waals surface area contributed by atoms with Crippen LogP contribution in [-0.4, -0.2) is 18.4 Å². The van der Waals surface area contributed by atoms with Gasteiger partial charge in [-0.05, 0) is 0 Å². The van der Waals surface area contributed by atoms with Crippen LogP contribution >= 0.6 is 0 Å². The minimum absolute atomic E-state index is 1.39. The third kappa shape index (κ3) is 6.54. The van der Waals surface area contributed by atoms with Crippen LogP contribution in [0, 0.1) is 0 Å². The van der Waals surface area contributed by atoms with Crippen LogP contribution in [-0.2, 0) is 0 Å². The van der Waals surface area contributed by atoms with E-state index >= 15 is 0 Å². The van der Waals surface area contributed by atoms with Gasteiger partial charge in [0.05, 0.1) is 0 Å². The van der Waals surface area contributed by atoms with Crippen molar-refractivity contribution in [3.8, 4) is 0 Å². The molecule has 8 heavy (non-hydrogen) atoms. The predicted molar refractivity (Wildman–Crippen MR) is 43.0 cm³/mol. The van der Waals surface area contributed by atoms with Crippen LogP contribution in [0.4, 0.5) is 0 Å². The Hall–Kier alpha value is 0.539. The Balaban J connectivity index is 3.39. The molecule has 0 rings (SSSR count). The fourth-order valence-corrected chi connectivity index (χ4v) is 3.16. The van der Waals surface area contributed by atoms with Crippen LogP contribution in [0.15, 0.2) is 12.2 Å². The Kier molecular flexibility index (Phi) is 3.78. The summed E-state index contributed by atoms with van der Waals surface area (Å²) in [6.07, 6.45) is 4.46. The van der Waals surface area contributed by atoms with Gasteiger partial charge in [0.15, 0.2) is 0 Å². The molecule has 0 spiro atoms. The van der Waals surface area contributed by atoms with E-state index < -0.39 is 18.4 Å². The van der Waals surface area contributed by atoms with Crippen molar-refractivity contribution >= 4 is 18.4 Å². The summed E-state index contributed by atoms with van der Waals surface area (Å²) in [6.45, 7) is 2.09. The molecule has 0 atom stereocenters. The molecule has 0 nitrogen and oxygen atoms in total. The SMILES string of the molecule is C/C=C\[CH2][Sn]([CH3])([CH3])[CH3]. The van der Waals surface area contributed by atoms with Gasteiger partial charge in [-0.3, -0.25) is 0 Å². The zero-order valence-corrected chi connectivity index (χ0v) is 9.22. The van der Waals surface area contributed by atoms with Crippen molar-refractivity contribution in [1.82, 2.24) is 0 Å². The zero-order chi connectivity index (χ0) is 6.62. The van der Waals surface area contributed by atoms with Gasteiger partial charge in [-0.15, -0.1) is 0 Å². The predicted octanol–water partition coefficient (Wildman–Crippen LogP) is 2.90. The van der Waals surface area contributed by atoms with Crippen molar-refractivity contribution in [3.63, 3.8) is 0 Å². The summed E-state index contributed by atoms with van der Waals surface area (Å²) in [5.41, 5.74) is 0. The van der Waals surface area contributed by atoms with E-state index in [1.54, 1.807) is 0 Å². The Morgan fingerprint density at radius 2 is 1.75 bits per heavy atom. The molecule has 0 aliphatic carbocycles. The van der Waals surface area contributed by atoms with Gasteiger partial charge in [0, 0.05) is 0 Å². The van der Waals surface area contributed by atoms with Crippen LogP contribution in [0.5, 0.6) is 0 Å². The molecular formula is C7H16Sn. The number of hydrogen-bond donors (Lipinski definition) is 0. The maximum atomic E-state index is 2.45. The number of hydrogen-bond acceptors (Lipinski definition) is 0. The molecule has 0 aliphatic rings. The molecule has 0 aromatic rings. The van der Waals surface area contributed by atoms with E-state index in [2.05, 4.69) is 33.9 Å². The molecule has 1 heteroatoms. The number of rotatable bonds is 2.